The Hall–Kier alpha value is -2.04. The molecule has 0 aliphatic heterocycles. The van der Waals surface area contributed by atoms with Crippen LogP contribution < -0.4 is 10.6 Å². The zero-order chi connectivity index (χ0) is 14.5. The van der Waals surface area contributed by atoms with Gasteiger partial charge in [-0.25, -0.2) is 4.98 Å². The van der Waals surface area contributed by atoms with E-state index in [0.717, 1.165) is 30.4 Å². The van der Waals surface area contributed by atoms with Gasteiger partial charge in [0.15, 0.2) is 5.96 Å². The lowest BCUT2D eigenvalue weighted by atomic mass is 10.3. The van der Waals surface area contributed by atoms with Crippen molar-refractivity contribution in [2.75, 3.05) is 13.6 Å². The Morgan fingerprint density at radius 3 is 2.80 bits per heavy atom. The van der Waals surface area contributed by atoms with Gasteiger partial charge in [-0.3, -0.25) is 4.99 Å². The molecule has 0 aliphatic rings. The number of aryl methyl sites for hydroxylation is 1. The second-order valence-electron chi connectivity index (χ2n) is 5.10. The molecular formula is C15H23N5. The molecule has 0 bridgehead atoms. The van der Waals surface area contributed by atoms with E-state index in [2.05, 4.69) is 45.1 Å². The van der Waals surface area contributed by atoms with Gasteiger partial charge in [0.25, 0.3) is 0 Å². The van der Waals surface area contributed by atoms with Crippen LogP contribution in [0.15, 0.2) is 29.3 Å². The molecule has 1 aromatic carbocycles. The van der Waals surface area contributed by atoms with Crippen LogP contribution in [0.5, 0.6) is 0 Å². The average Bonchev–Trinajstić information content (AvgIpc) is 2.73. The number of fused-ring (bicyclic) bond motifs is 1. The molecule has 20 heavy (non-hydrogen) atoms. The van der Waals surface area contributed by atoms with E-state index in [-0.39, 0.29) is 0 Å². The molecule has 108 valence electrons. The largest absolute Gasteiger partial charge is 0.355 e. The van der Waals surface area contributed by atoms with Crippen LogP contribution in [-0.4, -0.2) is 35.1 Å². The standard InChI is InChI=1S/C15H23N5/c1-11(2)18-15(16-4)17-9-10-20-12(3)19-13-7-5-6-8-14(13)20/h5-8,11H,9-10H2,1-4H3,(H2,16,17,18). The van der Waals surface area contributed by atoms with E-state index in [9.17, 15) is 0 Å². The molecule has 2 rings (SSSR count). The molecule has 5 nitrogen and oxygen atoms in total. The summed E-state index contributed by atoms with van der Waals surface area (Å²) in [6, 6.07) is 8.59. The summed E-state index contributed by atoms with van der Waals surface area (Å²) in [7, 11) is 1.79. The van der Waals surface area contributed by atoms with Gasteiger partial charge in [0.2, 0.25) is 0 Å². The lowest BCUT2D eigenvalue weighted by Gasteiger charge is -2.15. The lowest BCUT2D eigenvalue weighted by molar-refractivity contribution is 0.644. The molecule has 0 saturated carbocycles. The number of nitrogens with zero attached hydrogens (tertiary/aromatic N) is 3. The lowest BCUT2D eigenvalue weighted by Crippen LogP contribution is -2.42. The van der Waals surface area contributed by atoms with Gasteiger partial charge in [0.05, 0.1) is 11.0 Å². The summed E-state index contributed by atoms with van der Waals surface area (Å²) in [5.74, 6) is 1.88. The number of rotatable bonds is 4. The number of hydrogen-bond acceptors (Lipinski definition) is 2. The van der Waals surface area contributed by atoms with Crippen molar-refractivity contribution in [2.45, 2.75) is 33.4 Å². The van der Waals surface area contributed by atoms with E-state index in [1.165, 1.54) is 5.52 Å². The van der Waals surface area contributed by atoms with Gasteiger partial charge in [0, 0.05) is 26.2 Å². The molecule has 0 unspecified atom stereocenters. The fourth-order valence-electron chi connectivity index (χ4n) is 2.23. The molecule has 0 spiro atoms. The predicted octanol–water partition coefficient (Wildman–Crippen LogP) is 1.92. The summed E-state index contributed by atoms with van der Waals surface area (Å²) in [4.78, 5) is 8.77. The number of para-hydroxylation sites is 2. The molecule has 0 radical (unpaired) electrons. The van der Waals surface area contributed by atoms with E-state index in [4.69, 9.17) is 0 Å². The zero-order valence-electron chi connectivity index (χ0n) is 12.6. The predicted molar refractivity (Wildman–Crippen MR) is 84.1 cm³/mol. The van der Waals surface area contributed by atoms with Crippen LogP contribution in [0.3, 0.4) is 0 Å². The minimum atomic E-state index is 0.372. The van der Waals surface area contributed by atoms with Crippen molar-refractivity contribution in [1.82, 2.24) is 20.2 Å². The van der Waals surface area contributed by atoms with Crippen molar-refractivity contribution in [1.29, 1.82) is 0 Å². The molecule has 0 atom stereocenters. The Morgan fingerprint density at radius 2 is 2.10 bits per heavy atom. The van der Waals surface area contributed by atoms with Crippen molar-refractivity contribution in [3.63, 3.8) is 0 Å². The van der Waals surface area contributed by atoms with Crippen LogP contribution in [0.2, 0.25) is 0 Å². The average molecular weight is 273 g/mol. The molecule has 0 amide bonds. The zero-order valence-corrected chi connectivity index (χ0v) is 12.6. The van der Waals surface area contributed by atoms with Gasteiger partial charge in [-0.2, -0.15) is 0 Å². The highest BCUT2D eigenvalue weighted by Gasteiger charge is 2.06. The van der Waals surface area contributed by atoms with Gasteiger partial charge >= 0.3 is 0 Å². The van der Waals surface area contributed by atoms with Crippen LogP contribution >= 0.6 is 0 Å². The van der Waals surface area contributed by atoms with Crippen LogP contribution in [0, 0.1) is 6.92 Å². The van der Waals surface area contributed by atoms with Gasteiger partial charge in [-0.15, -0.1) is 0 Å². The second kappa shape index (κ2) is 6.41. The smallest absolute Gasteiger partial charge is 0.191 e. The second-order valence-corrected chi connectivity index (χ2v) is 5.10. The Morgan fingerprint density at radius 1 is 1.35 bits per heavy atom. The maximum atomic E-state index is 4.57. The molecule has 2 aromatic rings. The van der Waals surface area contributed by atoms with Crippen molar-refractivity contribution < 1.29 is 0 Å². The molecule has 0 fully saturated rings. The summed E-state index contributed by atoms with van der Waals surface area (Å²) in [6.07, 6.45) is 0. The van der Waals surface area contributed by atoms with Crippen LogP contribution in [0.4, 0.5) is 0 Å². The molecule has 0 aliphatic carbocycles. The van der Waals surface area contributed by atoms with E-state index in [0.29, 0.717) is 6.04 Å². The number of aromatic nitrogens is 2. The number of benzene rings is 1. The minimum Gasteiger partial charge on any atom is -0.355 e. The van der Waals surface area contributed by atoms with E-state index in [1.54, 1.807) is 7.05 Å². The first-order valence-electron chi connectivity index (χ1n) is 7.01. The summed E-state index contributed by atoms with van der Waals surface area (Å²) in [5.41, 5.74) is 2.23. The molecule has 0 saturated heterocycles. The third kappa shape index (κ3) is 3.29. The Balaban J connectivity index is 2.01. The first kappa shape index (κ1) is 14.4. The highest BCUT2D eigenvalue weighted by Crippen LogP contribution is 2.14. The van der Waals surface area contributed by atoms with Gasteiger partial charge in [0.1, 0.15) is 5.82 Å². The highest BCUT2D eigenvalue weighted by molar-refractivity contribution is 5.80. The summed E-state index contributed by atoms with van der Waals surface area (Å²) < 4.78 is 2.23. The molecular weight excluding hydrogens is 250 g/mol. The monoisotopic (exact) mass is 273 g/mol. The topological polar surface area (TPSA) is 54.2 Å². The number of guanidine groups is 1. The van der Waals surface area contributed by atoms with Crippen LogP contribution in [-0.2, 0) is 6.54 Å². The van der Waals surface area contributed by atoms with Crippen molar-refractivity contribution in [3.05, 3.63) is 30.1 Å². The summed E-state index contributed by atoms with van der Waals surface area (Å²) in [5, 5.41) is 6.60. The Kier molecular flexibility index (Phi) is 4.61. The van der Waals surface area contributed by atoms with Gasteiger partial charge in [-0.1, -0.05) is 12.1 Å². The van der Waals surface area contributed by atoms with Crippen LogP contribution in [0.25, 0.3) is 11.0 Å². The minimum absolute atomic E-state index is 0.372. The van der Waals surface area contributed by atoms with E-state index >= 15 is 0 Å². The quantitative estimate of drug-likeness (QED) is 0.661. The summed E-state index contributed by atoms with van der Waals surface area (Å²) >= 11 is 0. The third-order valence-electron chi connectivity index (χ3n) is 3.12. The van der Waals surface area contributed by atoms with Crippen molar-refractivity contribution in [3.8, 4) is 0 Å². The van der Waals surface area contributed by atoms with Crippen molar-refractivity contribution >= 4 is 17.0 Å². The van der Waals surface area contributed by atoms with E-state index in [1.807, 2.05) is 25.1 Å². The molecule has 1 heterocycles. The fraction of sp³-hybridized carbons (Fsp3) is 0.467. The van der Waals surface area contributed by atoms with Gasteiger partial charge < -0.3 is 15.2 Å². The van der Waals surface area contributed by atoms with E-state index < -0.39 is 0 Å². The molecule has 1 aromatic heterocycles. The fourth-order valence-corrected chi connectivity index (χ4v) is 2.23. The Bertz CT molecular complexity index is 597. The number of imidazole rings is 1. The van der Waals surface area contributed by atoms with Gasteiger partial charge in [-0.05, 0) is 32.9 Å². The normalized spacial score (nSPS) is 12.2. The maximum Gasteiger partial charge on any atom is 0.191 e. The Labute approximate surface area is 120 Å². The highest BCUT2D eigenvalue weighted by atomic mass is 15.2. The molecule has 5 heteroatoms. The SMILES string of the molecule is CN=C(NCCn1c(C)nc2ccccc21)NC(C)C. The van der Waals surface area contributed by atoms with Crippen LogP contribution in [0.1, 0.15) is 19.7 Å². The third-order valence-corrected chi connectivity index (χ3v) is 3.12. The number of aliphatic imine (C=N–C) groups is 1. The first-order chi connectivity index (χ1) is 9.61. The van der Waals surface area contributed by atoms with Crippen molar-refractivity contribution in [2.24, 2.45) is 4.99 Å². The summed E-state index contributed by atoms with van der Waals surface area (Å²) in [6.45, 7) is 7.92. The number of hydrogen-bond donors (Lipinski definition) is 2. The maximum absolute atomic E-state index is 4.57. The first-order valence-corrected chi connectivity index (χ1v) is 7.01. The molecule has 2 N–H and O–H groups in total. The number of nitrogens with one attached hydrogen (secondary N) is 2.